The quantitative estimate of drug-likeness (QED) is 0.653. The first-order valence-electron chi connectivity index (χ1n) is 8.88. The van der Waals surface area contributed by atoms with Crippen LogP contribution in [0.4, 0.5) is 0 Å². The van der Waals surface area contributed by atoms with E-state index in [9.17, 15) is 4.79 Å². The molecule has 0 saturated carbocycles. The van der Waals surface area contributed by atoms with E-state index in [0.717, 1.165) is 34.2 Å². The second-order valence-corrected chi connectivity index (χ2v) is 7.63. The molecule has 2 N–H and O–H groups in total. The number of amides is 1. The van der Waals surface area contributed by atoms with Crippen molar-refractivity contribution in [3.05, 3.63) is 57.9 Å². The van der Waals surface area contributed by atoms with Crippen molar-refractivity contribution in [1.29, 1.82) is 0 Å². The van der Waals surface area contributed by atoms with E-state index in [1.165, 1.54) is 11.3 Å². The Morgan fingerprint density at radius 1 is 1.27 bits per heavy atom. The Bertz CT molecular complexity index is 882. The van der Waals surface area contributed by atoms with Crippen LogP contribution in [0.5, 0.6) is 0 Å². The number of carbonyl (C=O) groups is 1. The first kappa shape index (κ1) is 18.3. The zero-order chi connectivity index (χ0) is 18.7. The third-order valence-electron chi connectivity index (χ3n) is 4.24. The van der Waals surface area contributed by atoms with Crippen molar-refractivity contribution < 1.29 is 4.79 Å². The highest BCUT2D eigenvalue weighted by Crippen LogP contribution is 2.26. The molecule has 0 spiro atoms. The summed E-state index contributed by atoms with van der Waals surface area (Å²) >= 11 is 1.47. The molecule has 0 radical (unpaired) electrons. The van der Waals surface area contributed by atoms with Gasteiger partial charge in [-0.2, -0.15) is 0 Å². The summed E-state index contributed by atoms with van der Waals surface area (Å²) in [6.45, 7) is 8.10. The molecular weight excluding hydrogens is 344 g/mol. The number of aromatic amines is 1. The molecule has 2 aromatic heterocycles. The maximum atomic E-state index is 12.7. The molecule has 1 atom stereocenters. The normalized spacial score (nSPS) is 12.3. The Morgan fingerprint density at radius 3 is 2.62 bits per heavy atom. The minimum Gasteiger partial charge on any atom is -0.341 e. The van der Waals surface area contributed by atoms with E-state index >= 15 is 0 Å². The van der Waals surface area contributed by atoms with E-state index in [0.29, 0.717) is 10.8 Å². The second-order valence-electron chi connectivity index (χ2n) is 6.60. The molecule has 3 aromatic rings. The van der Waals surface area contributed by atoms with E-state index in [1.807, 2.05) is 50.4 Å². The summed E-state index contributed by atoms with van der Waals surface area (Å²) in [4.78, 5) is 25.8. The second kappa shape index (κ2) is 7.83. The lowest BCUT2D eigenvalue weighted by Crippen LogP contribution is -2.28. The molecule has 0 aliphatic heterocycles. The lowest BCUT2D eigenvalue weighted by molar-refractivity contribution is 0.0937. The molecule has 0 bridgehead atoms. The Morgan fingerprint density at radius 2 is 2.00 bits per heavy atom. The van der Waals surface area contributed by atoms with Crippen LogP contribution in [0.15, 0.2) is 36.5 Å². The van der Waals surface area contributed by atoms with Crippen molar-refractivity contribution in [3.63, 3.8) is 0 Å². The standard InChI is InChI=1S/C20H24N4OS/c1-5-15(18-21-11-16(23-18)14-9-7-6-8-10-14)24-19(25)17-13(4)22-20(26-17)12(2)3/h6-12,15H,5H2,1-4H3,(H,21,23)(H,24,25). The number of hydrogen-bond acceptors (Lipinski definition) is 4. The van der Waals surface area contributed by atoms with E-state index in [-0.39, 0.29) is 11.9 Å². The predicted octanol–water partition coefficient (Wildman–Crippen LogP) is 4.85. The Hall–Kier alpha value is -2.47. The van der Waals surface area contributed by atoms with Gasteiger partial charge in [0, 0.05) is 5.92 Å². The number of aryl methyl sites for hydroxylation is 1. The van der Waals surface area contributed by atoms with E-state index in [1.54, 1.807) is 0 Å². The number of nitrogens with one attached hydrogen (secondary N) is 2. The fourth-order valence-corrected chi connectivity index (χ4v) is 3.71. The first-order valence-corrected chi connectivity index (χ1v) is 9.69. The van der Waals surface area contributed by atoms with Crippen LogP contribution in [-0.2, 0) is 0 Å². The molecule has 0 fully saturated rings. The molecule has 0 aliphatic rings. The molecule has 136 valence electrons. The van der Waals surface area contributed by atoms with Crippen LogP contribution in [0.3, 0.4) is 0 Å². The van der Waals surface area contributed by atoms with Gasteiger partial charge in [-0.1, -0.05) is 51.1 Å². The highest BCUT2D eigenvalue weighted by atomic mass is 32.1. The Labute approximate surface area is 157 Å². The van der Waals surface area contributed by atoms with Gasteiger partial charge in [0.05, 0.1) is 28.6 Å². The average Bonchev–Trinajstić information content (AvgIpc) is 3.27. The summed E-state index contributed by atoms with van der Waals surface area (Å²) in [7, 11) is 0. The first-order chi connectivity index (χ1) is 12.5. The summed E-state index contributed by atoms with van der Waals surface area (Å²) in [5.41, 5.74) is 2.81. The number of imidazole rings is 1. The minimum absolute atomic E-state index is 0.0867. The van der Waals surface area contributed by atoms with Gasteiger partial charge in [0.1, 0.15) is 10.7 Å². The number of H-pyrrole nitrogens is 1. The van der Waals surface area contributed by atoms with Crippen LogP contribution in [0.25, 0.3) is 11.3 Å². The molecule has 1 aromatic carbocycles. The molecule has 6 heteroatoms. The molecule has 1 amide bonds. The summed E-state index contributed by atoms with van der Waals surface area (Å²) in [6, 6.07) is 9.87. The van der Waals surface area contributed by atoms with Crippen molar-refractivity contribution >= 4 is 17.2 Å². The van der Waals surface area contributed by atoms with Gasteiger partial charge >= 0.3 is 0 Å². The van der Waals surface area contributed by atoms with Crippen LogP contribution in [0.1, 0.15) is 65.3 Å². The van der Waals surface area contributed by atoms with Gasteiger partial charge in [-0.3, -0.25) is 4.79 Å². The van der Waals surface area contributed by atoms with Crippen molar-refractivity contribution in [2.75, 3.05) is 0 Å². The predicted molar refractivity (Wildman–Crippen MR) is 105 cm³/mol. The van der Waals surface area contributed by atoms with Gasteiger partial charge in [-0.25, -0.2) is 9.97 Å². The SMILES string of the molecule is CCC(NC(=O)c1sc(C(C)C)nc1C)c1ncc(-c2ccccc2)[nH]1. The molecule has 5 nitrogen and oxygen atoms in total. The number of rotatable bonds is 6. The summed E-state index contributed by atoms with van der Waals surface area (Å²) in [5.74, 6) is 1.00. The van der Waals surface area contributed by atoms with Crippen LogP contribution in [0.2, 0.25) is 0 Å². The maximum absolute atomic E-state index is 12.7. The lowest BCUT2D eigenvalue weighted by Gasteiger charge is -2.14. The van der Waals surface area contributed by atoms with Crippen molar-refractivity contribution in [3.8, 4) is 11.3 Å². The molecule has 26 heavy (non-hydrogen) atoms. The van der Waals surface area contributed by atoms with Crippen LogP contribution in [-0.4, -0.2) is 20.9 Å². The summed E-state index contributed by atoms with van der Waals surface area (Å²) < 4.78 is 0. The van der Waals surface area contributed by atoms with Crippen LogP contribution >= 0.6 is 11.3 Å². The van der Waals surface area contributed by atoms with E-state index in [4.69, 9.17) is 0 Å². The van der Waals surface area contributed by atoms with Gasteiger partial charge in [0.15, 0.2) is 0 Å². The minimum atomic E-state index is -0.163. The fourth-order valence-electron chi connectivity index (χ4n) is 2.74. The highest BCUT2D eigenvalue weighted by molar-refractivity contribution is 7.13. The topological polar surface area (TPSA) is 70.7 Å². The largest absolute Gasteiger partial charge is 0.341 e. The number of nitrogens with zero attached hydrogens (tertiary/aromatic N) is 2. The van der Waals surface area contributed by atoms with Crippen LogP contribution < -0.4 is 5.32 Å². The third-order valence-corrected chi connectivity index (χ3v) is 5.69. The molecule has 1 unspecified atom stereocenters. The van der Waals surface area contributed by atoms with Crippen molar-refractivity contribution in [2.24, 2.45) is 0 Å². The fraction of sp³-hybridized carbons (Fsp3) is 0.350. The smallest absolute Gasteiger partial charge is 0.263 e. The molecule has 0 saturated heterocycles. The third kappa shape index (κ3) is 3.85. The average molecular weight is 369 g/mol. The molecule has 2 heterocycles. The van der Waals surface area contributed by atoms with Crippen LogP contribution in [0, 0.1) is 6.92 Å². The maximum Gasteiger partial charge on any atom is 0.263 e. The van der Waals surface area contributed by atoms with Crippen molar-refractivity contribution in [1.82, 2.24) is 20.3 Å². The summed E-state index contributed by atoms with van der Waals surface area (Å²) in [6.07, 6.45) is 2.57. The number of aromatic nitrogens is 3. The molecule has 0 aliphatic carbocycles. The monoisotopic (exact) mass is 368 g/mol. The van der Waals surface area contributed by atoms with Gasteiger partial charge in [0.25, 0.3) is 5.91 Å². The summed E-state index contributed by atoms with van der Waals surface area (Å²) in [5, 5.41) is 4.09. The van der Waals surface area contributed by atoms with E-state index < -0.39 is 0 Å². The number of hydrogen-bond donors (Lipinski definition) is 2. The Kier molecular flexibility index (Phi) is 5.52. The van der Waals surface area contributed by atoms with E-state index in [2.05, 4.69) is 34.1 Å². The van der Waals surface area contributed by atoms with Gasteiger partial charge in [-0.15, -0.1) is 11.3 Å². The zero-order valence-electron chi connectivity index (χ0n) is 15.5. The number of carbonyl (C=O) groups excluding carboxylic acids is 1. The van der Waals surface area contributed by atoms with Crippen molar-refractivity contribution in [2.45, 2.75) is 46.1 Å². The number of thiazole rings is 1. The molecule has 3 rings (SSSR count). The molecular formula is C20H24N4OS. The highest BCUT2D eigenvalue weighted by Gasteiger charge is 2.21. The van der Waals surface area contributed by atoms with Gasteiger partial charge in [0.2, 0.25) is 0 Å². The Balaban J connectivity index is 1.78. The van der Waals surface area contributed by atoms with Gasteiger partial charge < -0.3 is 10.3 Å². The van der Waals surface area contributed by atoms with Gasteiger partial charge in [-0.05, 0) is 18.9 Å². The zero-order valence-corrected chi connectivity index (χ0v) is 16.4. The number of benzene rings is 1. The lowest BCUT2D eigenvalue weighted by atomic mass is 10.2.